The van der Waals surface area contributed by atoms with Crippen molar-refractivity contribution in [2.45, 2.75) is 13.8 Å². The second-order valence-electron chi connectivity index (χ2n) is 5.71. The van der Waals surface area contributed by atoms with Crippen molar-refractivity contribution in [3.05, 3.63) is 44.7 Å². The minimum Gasteiger partial charge on any atom is -0.495 e. The zero-order valence-corrected chi connectivity index (χ0v) is 18.1. The first kappa shape index (κ1) is 21.8. The molecule has 1 heterocycles. The highest BCUT2D eigenvalue weighted by Crippen LogP contribution is 2.36. The molecule has 1 aromatic heterocycles. The number of likely N-dealkylation sites (N-methyl/N-ethyl adjacent to an activating group) is 1. The van der Waals surface area contributed by atoms with E-state index in [0.717, 1.165) is 19.6 Å². The van der Waals surface area contributed by atoms with Gasteiger partial charge < -0.3 is 14.5 Å². The summed E-state index contributed by atoms with van der Waals surface area (Å²) in [5.41, 5.74) is 1.62. The first-order valence-electron chi connectivity index (χ1n) is 8.57. The molecule has 0 radical (unpaired) electrons. The van der Waals surface area contributed by atoms with Gasteiger partial charge in [0.05, 0.1) is 23.4 Å². The quantitative estimate of drug-likeness (QED) is 0.332. The minimum absolute atomic E-state index is 0.297. The van der Waals surface area contributed by atoms with Crippen LogP contribution in [0.1, 0.15) is 25.1 Å². The lowest BCUT2D eigenvalue weighted by atomic mass is 10.1. The van der Waals surface area contributed by atoms with E-state index in [9.17, 15) is 0 Å². The van der Waals surface area contributed by atoms with Crippen molar-refractivity contribution in [1.82, 2.24) is 14.7 Å². The van der Waals surface area contributed by atoms with Crippen LogP contribution in [0.2, 0.25) is 15.1 Å². The fourth-order valence-electron chi connectivity index (χ4n) is 2.59. The first-order chi connectivity index (χ1) is 12.9. The molecule has 2 aromatic rings. The van der Waals surface area contributed by atoms with Gasteiger partial charge >= 0.3 is 0 Å². The number of nitrogens with zero attached hydrogens (tertiary/aromatic N) is 4. The maximum Gasteiger partial charge on any atom is 0.139 e. The molecule has 1 aromatic carbocycles. The van der Waals surface area contributed by atoms with Gasteiger partial charge in [-0.3, -0.25) is 4.68 Å². The Morgan fingerprint density at radius 3 is 2.44 bits per heavy atom. The molecular weight excluding hydrogens is 411 g/mol. The van der Waals surface area contributed by atoms with E-state index >= 15 is 0 Å². The van der Waals surface area contributed by atoms with Crippen LogP contribution < -0.4 is 4.74 Å². The van der Waals surface area contributed by atoms with Gasteiger partial charge in [-0.1, -0.05) is 53.8 Å². The Kier molecular flexibility index (Phi) is 8.23. The summed E-state index contributed by atoms with van der Waals surface area (Å²) in [6.45, 7) is 7.30. The molecule has 9 heteroatoms. The summed E-state index contributed by atoms with van der Waals surface area (Å²) in [4.78, 5) is 7.82. The van der Waals surface area contributed by atoms with Crippen LogP contribution in [0.5, 0.6) is 5.75 Å². The molecule has 0 bridgehead atoms. The Morgan fingerprint density at radius 1 is 1.19 bits per heavy atom. The monoisotopic (exact) mass is 432 g/mol. The molecule has 0 spiro atoms. The highest BCUT2D eigenvalue weighted by Gasteiger charge is 2.22. The highest BCUT2D eigenvalue weighted by atomic mass is 35.5. The number of ether oxygens (including phenoxy) is 1. The largest absolute Gasteiger partial charge is 0.495 e. The van der Waals surface area contributed by atoms with E-state index in [0.29, 0.717) is 44.4 Å². The van der Waals surface area contributed by atoms with Gasteiger partial charge in [-0.2, -0.15) is 5.10 Å². The number of hydrogen-bond donors (Lipinski definition) is 0. The lowest BCUT2D eigenvalue weighted by Crippen LogP contribution is -2.26. The van der Waals surface area contributed by atoms with Crippen LogP contribution in [0.15, 0.2) is 23.5 Å². The third-order valence-corrected chi connectivity index (χ3v) is 5.33. The van der Waals surface area contributed by atoms with Crippen LogP contribution in [-0.4, -0.2) is 53.7 Å². The fraction of sp³-hybridized carbons (Fsp3) is 0.444. The molecular formula is C18H23Cl3N4O2. The molecule has 0 aliphatic heterocycles. The smallest absolute Gasteiger partial charge is 0.139 e. The van der Waals surface area contributed by atoms with Crippen molar-refractivity contribution >= 4 is 40.5 Å². The van der Waals surface area contributed by atoms with Crippen molar-refractivity contribution in [1.29, 1.82) is 0 Å². The summed E-state index contributed by atoms with van der Waals surface area (Å²) in [7, 11) is 3.30. The van der Waals surface area contributed by atoms with Crippen LogP contribution in [0.25, 0.3) is 0 Å². The predicted molar refractivity (Wildman–Crippen MR) is 111 cm³/mol. The van der Waals surface area contributed by atoms with Gasteiger partial charge in [-0.25, -0.2) is 0 Å². The molecule has 27 heavy (non-hydrogen) atoms. The standard InChI is InChI=1S/C18H23Cl3N4O2/c1-5-25(6-2)9-10-27-23-17(18-13(19)11-22-24(18)3)12-7-8-14(26-4)16(21)15(12)20/h7-8,11H,5-6,9-10H2,1-4H3/b23-17-. The van der Waals surface area contributed by atoms with Crippen LogP contribution in [0.4, 0.5) is 0 Å². The maximum atomic E-state index is 6.47. The van der Waals surface area contributed by atoms with E-state index in [4.69, 9.17) is 44.4 Å². The van der Waals surface area contributed by atoms with E-state index < -0.39 is 0 Å². The normalized spacial score (nSPS) is 11.9. The zero-order valence-electron chi connectivity index (χ0n) is 15.8. The summed E-state index contributed by atoms with van der Waals surface area (Å²) in [5.74, 6) is 0.475. The molecule has 0 saturated heterocycles. The number of methoxy groups -OCH3 is 1. The van der Waals surface area contributed by atoms with Crippen molar-refractivity contribution in [3.8, 4) is 5.75 Å². The Bertz CT molecular complexity index is 785. The van der Waals surface area contributed by atoms with Crippen LogP contribution in [0.3, 0.4) is 0 Å². The van der Waals surface area contributed by atoms with E-state index in [-0.39, 0.29) is 0 Å². The molecule has 0 amide bonds. The van der Waals surface area contributed by atoms with Gasteiger partial charge in [0.15, 0.2) is 0 Å². The Morgan fingerprint density at radius 2 is 1.89 bits per heavy atom. The van der Waals surface area contributed by atoms with E-state index in [2.05, 4.69) is 29.0 Å². The number of benzene rings is 1. The molecule has 2 rings (SSSR count). The molecule has 0 aliphatic carbocycles. The second-order valence-corrected chi connectivity index (χ2v) is 6.87. The Balaban J connectivity index is 2.40. The topological polar surface area (TPSA) is 51.9 Å². The lowest BCUT2D eigenvalue weighted by Gasteiger charge is -2.17. The Hall–Kier alpha value is -1.47. The van der Waals surface area contributed by atoms with Crippen molar-refractivity contribution in [2.24, 2.45) is 12.2 Å². The third kappa shape index (κ3) is 5.08. The summed E-state index contributed by atoms with van der Waals surface area (Å²) < 4.78 is 6.83. The van der Waals surface area contributed by atoms with Crippen LogP contribution in [-0.2, 0) is 11.9 Å². The second kappa shape index (κ2) is 10.2. The number of halogens is 3. The molecule has 0 unspecified atom stereocenters. The number of hydrogen-bond acceptors (Lipinski definition) is 5. The molecule has 0 fully saturated rings. The molecule has 0 saturated carbocycles. The average Bonchev–Trinajstić information content (AvgIpc) is 3.00. The fourth-order valence-corrected chi connectivity index (χ4v) is 3.33. The van der Waals surface area contributed by atoms with Gasteiger partial charge in [-0.15, -0.1) is 0 Å². The van der Waals surface area contributed by atoms with E-state index in [1.807, 2.05) is 0 Å². The SMILES string of the molecule is CCN(CC)CCO/N=C(/c1ccc(OC)c(Cl)c1Cl)c1c(Cl)cnn1C. The maximum absolute atomic E-state index is 6.47. The molecule has 6 nitrogen and oxygen atoms in total. The third-order valence-electron chi connectivity index (χ3n) is 4.19. The van der Waals surface area contributed by atoms with Gasteiger partial charge in [0.25, 0.3) is 0 Å². The molecule has 0 aliphatic rings. The van der Waals surface area contributed by atoms with Gasteiger partial charge in [0, 0.05) is 19.2 Å². The number of oxime groups is 1. The average molecular weight is 434 g/mol. The van der Waals surface area contributed by atoms with Crippen molar-refractivity contribution < 1.29 is 9.57 Å². The summed E-state index contributed by atoms with van der Waals surface area (Å²) in [6, 6.07) is 3.49. The highest BCUT2D eigenvalue weighted by molar-refractivity contribution is 6.46. The summed E-state index contributed by atoms with van der Waals surface area (Å²) >= 11 is 19.1. The van der Waals surface area contributed by atoms with Crippen molar-refractivity contribution in [2.75, 3.05) is 33.4 Å². The van der Waals surface area contributed by atoms with Crippen LogP contribution in [0, 0.1) is 0 Å². The number of aryl methyl sites for hydroxylation is 1. The Labute approximate surface area is 174 Å². The number of aromatic nitrogens is 2. The molecule has 148 valence electrons. The van der Waals surface area contributed by atoms with Gasteiger partial charge in [-0.05, 0) is 25.2 Å². The van der Waals surface area contributed by atoms with Gasteiger partial charge in [0.2, 0.25) is 0 Å². The van der Waals surface area contributed by atoms with E-state index in [1.54, 1.807) is 30.1 Å². The molecule has 0 atom stereocenters. The van der Waals surface area contributed by atoms with Crippen molar-refractivity contribution in [3.63, 3.8) is 0 Å². The summed E-state index contributed by atoms with van der Waals surface area (Å²) in [5, 5.41) is 9.53. The summed E-state index contributed by atoms with van der Waals surface area (Å²) in [6.07, 6.45) is 1.54. The number of rotatable bonds is 9. The van der Waals surface area contributed by atoms with Crippen LogP contribution >= 0.6 is 34.8 Å². The van der Waals surface area contributed by atoms with E-state index in [1.165, 1.54) is 7.11 Å². The molecule has 0 N–H and O–H groups in total. The zero-order chi connectivity index (χ0) is 20.0. The lowest BCUT2D eigenvalue weighted by molar-refractivity contribution is 0.114. The predicted octanol–water partition coefficient (Wildman–Crippen LogP) is 4.50. The first-order valence-corrected chi connectivity index (χ1v) is 9.70. The van der Waals surface area contributed by atoms with Gasteiger partial charge in [0.1, 0.15) is 28.8 Å². The minimum atomic E-state index is 0.297.